The van der Waals surface area contributed by atoms with Gasteiger partial charge in [0, 0.05) is 11.2 Å². The van der Waals surface area contributed by atoms with Crippen LogP contribution < -0.4 is 0 Å². The molecule has 2 nitrogen and oxygen atoms in total. The Labute approximate surface area is 105 Å². The first-order chi connectivity index (χ1) is 8.11. The quantitative estimate of drug-likeness (QED) is 0.808. The predicted octanol–water partition coefficient (Wildman–Crippen LogP) is 3.98. The standard InChI is InChI=1S/C13H14ClFN2/c1-3-13(17-7-6-9(2)16-17)11-8-10(15)4-5-12(11)14/h4-8,13H,3H2,1-2H3/t13-/m0/s1. The van der Waals surface area contributed by atoms with Crippen molar-refractivity contribution >= 4 is 11.6 Å². The molecule has 90 valence electrons. The Kier molecular flexibility index (Phi) is 3.48. The van der Waals surface area contributed by atoms with E-state index in [1.165, 1.54) is 12.1 Å². The van der Waals surface area contributed by atoms with Crippen LogP contribution in [0.4, 0.5) is 4.39 Å². The summed E-state index contributed by atoms with van der Waals surface area (Å²) in [4.78, 5) is 0. The van der Waals surface area contributed by atoms with E-state index in [0.717, 1.165) is 17.7 Å². The van der Waals surface area contributed by atoms with E-state index in [2.05, 4.69) is 5.10 Å². The van der Waals surface area contributed by atoms with Crippen molar-refractivity contribution in [2.75, 3.05) is 0 Å². The van der Waals surface area contributed by atoms with Crippen molar-refractivity contribution < 1.29 is 4.39 Å². The lowest BCUT2D eigenvalue weighted by Crippen LogP contribution is -2.11. The van der Waals surface area contributed by atoms with Gasteiger partial charge >= 0.3 is 0 Å². The molecular weight excluding hydrogens is 239 g/mol. The molecule has 0 fully saturated rings. The fourth-order valence-electron chi connectivity index (χ4n) is 1.93. The summed E-state index contributed by atoms with van der Waals surface area (Å²) in [6.45, 7) is 3.96. The average Bonchev–Trinajstić information content (AvgIpc) is 2.71. The number of nitrogens with zero attached hydrogens (tertiary/aromatic N) is 2. The fourth-order valence-corrected chi connectivity index (χ4v) is 2.17. The Bertz CT molecular complexity index is 522. The molecule has 0 bridgehead atoms. The van der Waals surface area contributed by atoms with Crippen molar-refractivity contribution in [2.45, 2.75) is 26.3 Å². The Morgan fingerprint density at radius 1 is 1.41 bits per heavy atom. The molecule has 0 aliphatic rings. The molecule has 1 aromatic carbocycles. The van der Waals surface area contributed by atoms with Gasteiger partial charge in [0.2, 0.25) is 0 Å². The first-order valence-electron chi connectivity index (χ1n) is 5.58. The van der Waals surface area contributed by atoms with Gasteiger partial charge in [-0.05, 0) is 43.2 Å². The van der Waals surface area contributed by atoms with Crippen molar-refractivity contribution in [3.8, 4) is 0 Å². The summed E-state index contributed by atoms with van der Waals surface area (Å²) < 4.78 is 15.1. The van der Waals surface area contributed by atoms with Gasteiger partial charge in [-0.1, -0.05) is 18.5 Å². The number of aromatic nitrogens is 2. The first kappa shape index (κ1) is 12.1. The Morgan fingerprint density at radius 2 is 2.18 bits per heavy atom. The van der Waals surface area contributed by atoms with Gasteiger partial charge in [-0.15, -0.1) is 0 Å². The molecule has 17 heavy (non-hydrogen) atoms. The number of benzene rings is 1. The van der Waals surface area contributed by atoms with Crippen molar-refractivity contribution in [1.82, 2.24) is 9.78 Å². The predicted molar refractivity (Wildman–Crippen MR) is 66.8 cm³/mol. The van der Waals surface area contributed by atoms with Crippen molar-refractivity contribution in [1.29, 1.82) is 0 Å². The molecule has 0 aliphatic heterocycles. The molecule has 1 atom stereocenters. The third kappa shape index (κ3) is 2.50. The van der Waals surface area contributed by atoms with Crippen molar-refractivity contribution in [3.05, 3.63) is 52.6 Å². The van der Waals surface area contributed by atoms with Crippen molar-refractivity contribution in [2.24, 2.45) is 0 Å². The smallest absolute Gasteiger partial charge is 0.123 e. The highest BCUT2D eigenvalue weighted by atomic mass is 35.5. The lowest BCUT2D eigenvalue weighted by Gasteiger charge is -2.17. The molecule has 0 saturated carbocycles. The molecular formula is C13H14ClFN2. The van der Waals surface area contributed by atoms with Crippen LogP contribution >= 0.6 is 11.6 Å². The summed E-state index contributed by atoms with van der Waals surface area (Å²) in [6.07, 6.45) is 2.70. The lowest BCUT2D eigenvalue weighted by atomic mass is 10.0. The molecule has 0 radical (unpaired) electrons. The van der Waals surface area contributed by atoms with Gasteiger partial charge < -0.3 is 0 Å². The van der Waals surface area contributed by atoms with Gasteiger partial charge in [-0.2, -0.15) is 5.10 Å². The van der Waals surface area contributed by atoms with E-state index in [4.69, 9.17) is 11.6 Å². The maximum absolute atomic E-state index is 13.3. The molecule has 2 rings (SSSR count). The first-order valence-corrected chi connectivity index (χ1v) is 5.96. The molecule has 0 spiro atoms. The highest BCUT2D eigenvalue weighted by molar-refractivity contribution is 6.31. The van der Waals surface area contributed by atoms with Gasteiger partial charge in [0.1, 0.15) is 5.82 Å². The van der Waals surface area contributed by atoms with Crippen LogP contribution in [-0.4, -0.2) is 9.78 Å². The third-order valence-electron chi connectivity index (χ3n) is 2.76. The highest BCUT2D eigenvalue weighted by Crippen LogP contribution is 2.28. The van der Waals surface area contributed by atoms with Gasteiger partial charge in [-0.3, -0.25) is 4.68 Å². The number of rotatable bonds is 3. The van der Waals surface area contributed by atoms with Crippen LogP contribution in [0.2, 0.25) is 5.02 Å². The monoisotopic (exact) mass is 252 g/mol. The highest BCUT2D eigenvalue weighted by Gasteiger charge is 2.16. The van der Waals surface area contributed by atoms with Crippen LogP contribution in [0.1, 0.15) is 30.6 Å². The van der Waals surface area contributed by atoms with Crippen LogP contribution in [0.5, 0.6) is 0 Å². The summed E-state index contributed by atoms with van der Waals surface area (Å²) in [6, 6.07) is 6.34. The molecule has 0 saturated heterocycles. The zero-order valence-corrected chi connectivity index (χ0v) is 10.6. The lowest BCUT2D eigenvalue weighted by molar-refractivity contribution is 0.502. The normalized spacial score (nSPS) is 12.7. The van der Waals surface area contributed by atoms with Crippen LogP contribution in [0.15, 0.2) is 30.5 Å². The summed E-state index contributed by atoms with van der Waals surface area (Å²) in [5, 5.41) is 4.94. The van der Waals surface area contributed by atoms with E-state index in [1.807, 2.05) is 30.8 Å². The SMILES string of the molecule is CC[C@@H](c1cc(F)ccc1Cl)n1ccc(C)n1. The second kappa shape index (κ2) is 4.88. The van der Waals surface area contributed by atoms with Gasteiger partial charge in [0.15, 0.2) is 0 Å². The molecule has 4 heteroatoms. The van der Waals surface area contributed by atoms with Crippen LogP contribution in [-0.2, 0) is 0 Å². The number of hydrogen-bond donors (Lipinski definition) is 0. The van der Waals surface area contributed by atoms with E-state index in [1.54, 1.807) is 6.07 Å². The van der Waals surface area contributed by atoms with Crippen LogP contribution in [0.3, 0.4) is 0 Å². The molecule has 1 heterocycles. The third-order valence-corrected chi connectivity index (χ3v) is 3.11. The Morgan fingerprint density at radius 3 is 2.76 bits per heavy atom. The fraction of sp³-hybridized carbons (Fsp3) is 0.308. The Hall–Kier alpha value is -1.35. The maximum Gasteiger partial charge on any atom is 0.123 e. The number of aryl methyl sites for hydroxylation is 1. The van der Waals surface area contributed by atoms with Gasteiger partial charge in [0.05, 0.1) is 11.7 Å². The van der Waals surface area contributed by atoms with E-state index in [9.17, 15) is 4.39 Å². The molecule has 0 aliphatic carbocycles. The molecule has 1 aromatic heterocycles. The van der Waals surface area contributed by atoms with E-state index >= 15 is 0 Å². The summed E-state index contributed by atoms with van der Waals surface area (Å²) >= 11 is 6.12. The summed E-state index contributed by atoms with van der Waals surface area (Å²) in [5.41, 5.74) is 1.72. The maximum atomic E-state index is 13.3. The number of halogens is 2. The zero-order valence-electron chi connectivity index (χ0n) is 9.82. The van der Waals surface area contributed by atoms with Crippen molar-refractivity contribution in [3.63, 3.8) is 0 Å². The second-order valence-corrected chi connectivity index (χ2v) is 4.43. The molecule has 2 aromatic rings. The summed E-state index contributed by atoms with van der Waals surface area (Å²) in [7, 11) is 0. The average molecular weight is 253 g/mol. The number of hydrogen-bond acceptors (Lipinski definition) is 1. The minimum absolute atomic E-state index is 0.0214. The molecule has 0 amide bonds. The van der Waals surface area contributed by atoms with Crippen LogP contribution in [0, 0.1) is 12.7 Å². The molecule has 0 N–H and O–H groups in total. The van der Waals surface area contributed by atoms with Gasteiger partial charge in [0.25, 0.3) is 0 Å². The van der Waals surface area contributed by atoms with Gasteiger partial charge in [-0.25, -0.2) is 4.39 Å². The summed E-state index contributed by atoms with van der Waals surface area (Å²) in [5.74, 6) is -0.272. The Balaban J connectivity index is 2.45. The van der Waals surface area contributed by atoms with Crippen LogP contribution in [0.25, 0.3) is 0 Å². The molecule has 0 unspecified atom stereocenters. The van der Waals surface area contributed by atoms with E-state index in [-0.39, 0.29) is 11.9 Å². The largest absolute Gasteiger partial charge is 0.265 e. The van der Waals surface area contributed by atoms with E-state index in [0.29, 0.717) is 5.02 Å². The zero-order chi connectivity index (χ0) is 12.4. The minimum Gasteiger partial charge on any atom is -0.265 e. The minimum atomic E-state index is -0.272. The topological polar surface area (TPSA) is 17.8 Å². The van der Waals surface area contributed by atoms with E-state index < -0.39 is 0 Å². The second-order valence-electron chi connectivity index (χ2n) is 4.03.